The van der Waals surface area contributed by atoms with Crippen molar-refractivity contribution in [1.82, 2.24) is 24.7 Å². The highest BCUT2D eigenvalue weighted by atomic mass is 35.5. The molecule has 152 valence electrons. The summed E-state index contributed by atoms with van der Waals surface area (Å²) < 4.78 is 38.9. The zero-order valence-electron chi connectivity index (χ0n) is 15.3. The van der Waals surface area contributed by atoms with Gasteiger partial charge in [-0.05, 0) is 24.6 Å². The third-order valence-electron chi connectivity index (χ3n) is 4.40. The van der Waals surface area contributed by atoms with Crippen LogP contribution in [0.25, 0.3) is 11.0 Å². The summed E-state index contributed by atoms with van der Waals surface area (Å²) in [7, 11) is -3.28. The molecule has 0 radical (unpaired) electrons. The first-order valence-electron chi connectivity index (χ1n) is 8.70. The van der Waals surface area contributed by atoms with Gasteiger partial charge in [-0.25, -0.2) is 37.5 Å². The Morgan fingerprint density at radius 2 is 2.10 bits per heavy atom. The molecule has 4 rings (SSSR count). The quantitative estimate of drug-likeness (QED) is 0.623. The minimum absolute atomic E-state index is 0.00911. The standard InChI is InChI=1S/C17H17ClFN7O2S/c1-29(27,28)25-11-4-5-26(8-11)17-20-7-14-15(24-17)16(22-9-21-14)23-10-2-3-13(19)12(18)6-10/h2-3,6-7,9,11,25H,4-5,8H2,1H3,(H,21,22,23). The second-order valence-electron chi connectivity index (χ2n) is 6.70. The second kappa shape index (κ2) is 7.65. The first-order valence-corrected chi connectivity index (χ1v) is 11.0. The van der Waals surface area contributed by atoms with Crippen LogP contribution in [-0.4, -0.2) is 53.7 Å². The van der Waals surface area contributed by atoms with Crippen LogP contribution in [0.5, 0.6) is 0 Å². The number of fused-ring (bicyclic) bond motifs is 1. The molecular formula is C17H17ClFN7O2S. The smallest absolute Gasteiger partial charge is 0.226 e. The van der Waals surface area contributed by atoms with Crippen molar-refractivity contribution in [1.29, 1.82) is 0 Å². The van der Waals surface area contributed by atoms with E-state index < -0.39 is 15.8 Å². The molecule has 0 bridgehead atoms. The maximum absolute atomic E-state index is 13.4. The van der Waals surface area contributed by atoms with Gasteiger partial charge in [0.25, 0.3) is 0 Å². The predicted molar refractivity (Wildman–Crippen MR) is 108 cm³/mol. The molecule has 1 saturated heterocycles. The van der Waals surface area contributed by atoms with Gasteiger partial charge in [0.1, 0.15) is 23.2 Å². The maximum Gasteiger partial charge on any atom is 0.226 e. The zero-order valence-corrected chi connectivity index (χ0v) is 16.9. The van der Waals surface area contributed by atoms with E-state index in [4.69, 9.17) is 11.6 Å². The number of rotatable bonds is 5. The summed E-state index contributed by atoms with van der Waals surface area (Å²) in [6, 6.07) is 4.05. The van der Waals surface area contributed by atoms with E-state index in [0.717, 1.165) is 6.26 Å². The third-order valence-corrected chi connectivity index (χ3v) is 5.45. The van der Waals surface area contributed by atoms with Crippen LogP contribution in [0.4, 0.5) is 21.8 Å². The van der Waals surface area contributed by atoms with E-state index in [1.165, 1.54) is 18.5 Å². The molecule has 0 amide bonds. The SMILES string of the molecule is CS(=O)(=O)NC1CCN(c2ncc3ncnc(Nc4ccc(F)c(Cl)c4)c3n2)C1. The van der Waals surface area contributed by atoms with Gasteiger partial charge in [0, 0.05) is 24.8 Å². The summed E-state index contributed by atoms with van der Waals surface area (Å²) >= 11 is 5.84. The predicted octanol–water partition coefficient (Wildman–Crippen LogP) is 2.08. The van der Waals surface area contributed by atoms with Crippen LogP contribution in [0.3, 0.4) is 0 Å². The number of hydrogen-bond acceptors (Lipinski definition) is 8. The summed E-state index contributed by atoms with van der Waals surface area (Å²) in [6.45, 7) is 1.07. The number of hydrogen-bond donors (Lipinski definition) is 2. The van der Waals surface area contributed by atoms with Gasteiger partial charge in [0.15, 0.2) is 5.82 Å². The van der Waals surface area contributed by atoms with Gasteiger partial charge in [-0.2, -0.15) is 0 Å². The Kier molecular flexibility index (Phi) is 5.19. The molecular weight excluding hydrogens is 421 g/mol. The molecule has 1 aliphatic heterocycles. The van der Waals surface area contributed by atoms with Crippen LogP contribution in [-0.2, 0) is 10.0 Å². The average Bonchev–Trinajstić information content (AvgIpc) is 3.11. The van der Waals surface area contributed by atoms with Crippen LogP contribution < -0.4 is 14.9 Å². The number of benzene rings is 1. The highest BCUT2D eigenvalue weighted by Crippen LogP contribution is 2.26. The van der Waals surface area contributed by atoms with Gasteiger partial charge in [-0.15, -0.1) is 0 Å². The van der Waals surface area contributed by atoms with E-state index in [-0.39, 0.29) is 11.1 Å². The number of nitrogens with zero attached hydrogens (tertiary/aromatic N) is 5. The average molecular weight is 438 g/mol. The number of sulfonamides is 1. The summed E-state index contributed by atoms with van der Waals surface area (Å²) in [6.07, 6.45) is 4.75. The van der Waals surface area contributed by atoms with E-state index in [9.17, 15) is 12.8 Å². The lowest BCUT2D eigenvalue weighted by molar-refractivity contribution is 0.567. The fourth-order valence-corrected chi connectivity index (χ4v) is 4.12. The van der Waals surface area contributed by atoms with Gasteiger partial charge in [0.2, 0.25) is 16.0 Å². The first-order chi connectivity index (χ1) is 13.8. The lowest BCUT2D eigenvalue weighted by atomic mass is 10.3. The molecule has 1 aliphatic rings. The number of anilines is 3. The highest BCUT2D eigenvalue weighted by Gasteiger charge is 2.26. The highest BCUT2D eigenvalue weighted by molar-refractivity contribution is 7.88. The number of aromatic nitrogens is 4. The zero-order chi connectivity index (χ0) is 20.6. The van der Waals surface area contributed by atoms with Crippen molar-refractivity contribution in [3.05, 3.63) is 41.6 Å². The Hall–Kier alpha value is -2.63. The van der Waals surface area contributed by atoms with Crippen molar-refractivity contribution in [2.45, 2.75) is 12.5 Å². The molecule has 1 aromatic carbocycles. The Bertz CT molecular complexity index is 1180. The molecule has 2 aromatic heterocycles. The summed E-state index contributed by atoms with van der Waals surface area (Å²) in [5, 5.41) is 3.06. The van der Waals surface area contributed by atoms with E-state index in [0.29, 0.717) is 48.0 Å². The fraction of sp³-hybridized carbons (Fsp3) is 0.294. The van der Waals surface area contributed by atoms with E-state index in [1.807, 2.05) is 4.90 Å². The minimum Gasteiger partial charge on any atom is -0.339 e. The minimum atomic E-state index is -3.28. The Labute approximate surface area is 171 Å². The van der Waals surface area contributed by atoms with Crippen LogP contribution >= 0.6 is 11.6 Å². The monoisotopic (exact) mass is 437 g/mol. The van der Waals surface area contributed by atoms with E-state index in [1.54, 1.807) is 12.3 Å². The van der Waals surface area contributed by atoms with Crippen molar-refractivity contribution < 1.29 is 12.8 Å². The summed E-state index contributed by atoms with van der Waals surface area (Å²) in [5.41, 5.74) is 1.57. The third kappa shape index (κ3) is 4.52. The van der Waals surface area contributed by atoms with Gasteiger partial charge >= 0.3 is 0 Å². The first kappa shape index (κ1) is 19.7. The molecule has 0 spiro atoms. The van der Waals surface area contributed by atoms with Gasteiger partial charge in [-0.1, -0.05) is 11.6 Å². The lowest BCUT2D eigenvalue weighted by Crippen LogP contribution is -2.36. The van der Waals surface area contributed by atoms with Crippen LogP contribution in [0.1, 0.15) is 6.42 Å². The molecule has 1 unspecified atom stereocenters. The number of halogens is 2. The van der Waals surface area contributed by atoms with Crippen LogP contribution in [0.2, 0.25) is 5.02 Å². The molecule has 3 heterocycles. The van der Waals surface area contributed by atoms with Gasteiger partial charge in [-0.3, -0.25) is 0 Å². The Morgan fingerprint density at radius 1 is 1.28 bits per heavy atom. The Morgan fingerprint density at radius 3 is 2.86 bits per heavy atom. The van der Waals surface area contributed by atoms with Crippen LogP contribution in [0, 0.1) is 5.82 Å². The topological polar surface area (TPSA) is 113 Å². The fourth-order valence-electron chi connectivity index (χ4n) is 3.14. The summed E-state index contributed by atoms with van der Waals surface area (Å²) in [4.78, 5) is 19.2. The Balaban J connectivity index is 1.62. The molecule has 12 heteroatoms. The second-order valence-corrected chi connectivity index (χ2v) is 8.89. The van der Waals surface area contributed by atoms with Gasteiger partial charge in [0.05, 0.1) is 17.5 Å². The molecule has 0 aliphatic carbocycles. The lowest BCUT2D eigenvalue weighted by Gasteiger charge is -2.17. The molecule has 2 N–H and O–H groups in total. The molecule has 0 saturated carbocycles. The molecule has 1 atom stereocenters. The van der Waals surface area contributed by atoms with E-state index >= 15 is 0 Å². The normalized spacial score (nSPS) is 17.1. The van der Waals surface area contributed by atoms with Gasteiger partial charge < -0.3 is 10.2 Å². The molecule has 9 nitrogen and oxygen atoms in total. The summed E-state index contributed by atoms with van der Waals surface area (Å²) in [5.74, 6) is 0.359. The van der Waals surface area contributed by atoms with Crippen molar-refractivity contribution in [3.63, 3.8) is 0 Å². The molecule has 3 aromatic rings. The van der Waals surface area contributed by atoms with Crippen LogP contribution in [0.15, 0.2) is 30.7 Å². The van der Waals surface area contributed by atoms with E-state index in [2.05, 4.69) is 30.0 Å². The maximum atomic E-state index is 13.4. The molecule has 29 heavy (non-hydrogen) atoms. The molecule has 1 fully saturated rings. The van der Waals surface area contributed by atoms with Crippen molar-refractivity contribution in [2.75, 3.05) is 29.6 Å². The largest absolute Gasteiger partial charge is 0.339 e. The van der Waals surface area contributed by atoms with Crippen molar-refractivity contribution in [3.8, 4) is 0 Å². The van der Waals surface area contributed by atoms with Crippen molar-refractivity contribution in [2.24, 2.45) is 0 Å². The number of nitrogens with one attached hydrogen (secondary N) is 2. The van der Waals surface area contributed by atoms with Crippen molar-refractivity contribution >= 4 is 50.1 Å².